The Morgan fingerprint density at radius 1 is 1.07 bits per heavy atom. The zero-order valence-corrected chi connectivity index (χ0v) is 16.3. The van der Waals surface area contributed by atoms with Crippen molar-refractivity contribution in [3.63, 3.8) is 0 Å². The van der Waals surface area contributed by atoms with Crippen LogP contribution in [-0.4, -0.2) is 41.5 Å². The number of hydrogen-bond donors (Lipinski definition) is 2. The number of piperidine rings is 1. The fourth-order valence-electron chi connectivity index (χ4n) is 3.66. The van der Waals surface area contributed by atoms with Crippen molar-refractivity contribution in [1.29, 1.82) is 0 Å². The molecule has 6 nitrogen and oxygen atoms in total. The molecule has 2 amide bonds. The molecule has 0 radical (unpaired) electrons. The van der Waals surface area contributed by atoms with Crippen LogP contribution in [0, 0.1) is 5.92 Å². The van der Waals surface area contributed by atoms with Gasteiger partial charge in [-0.05, 0) is 47.9 Å². The van der Waals surface area contributed by atoms with Crippen molar-refractivity contribution >= 4 is 22.9 Å². The van der Waals surface area contributed by atoms with Gasteiger partial charge >= 0.3 is 6.09 Å². The second-order valence-electron chi connectivity index (χ2n) is 7.46. The van der Waals surface area contributed by atoms with Crippen molar-refractivity contribution in [2.45, 2.75) is 19.4 Å². The summed E-state index contributed by atoms with van der Waals surface area (Å²) in [4.78, 5) is 29.6. The van der Waals surface area contributed by atoms with E-state index in [1.54, 1.807) is 4.90 Å². The van der Waals surface area contributed by atoms with Crippen molar-refractivity contribution in [3.05, 3.63) is 71.9 Å². The minimum absolute atomic E-state index is 0.0637. The molecule has 1 aromatic heterocycles. The highest BCUT2D eigenvalue weighted by molar-refractivity contribution is 5.97. The number of ether oxygens (including phenoxy) is 1. The molecule has 1 aliphatic heterocycles. The number of likely N-dealkylation sites (tertiary alicyclic amines) is 1. The molecule has 2 aromatic carbocycles. The van der Waals surface area contributed by atoms with Crippen LogP contribution in [0.1, 0.15) is 28.8 Å². The first-order chi connectivity index (χ1) is 14.2. The first-order valence-corrected chi connectivity index (χ1v) is 10.00. The minimum atomic E-state index is -0.268. The highest BCUT2D eigenvalue weighted by Crippen LogP contribution is 2.18. The Morgan fingerprint density at radius 3 is 2.66 bits per heavy atom. The fourth-order valence-corrected chi connectivity index (χ4v) is 3.66. The van der Waals surface area contributed by atoms with Crippen LogP contribution in [0.25, 0.3) is 10.9 Å². The number of aromatic nitrogens is 1. The van der Waals surface area contributed by atoms with Gasteiger partial charge < -0.3 is 19.9 Å². The zero-order valence-electron chi connectivity index (χ0n) is 16.3. The van der Waals surface area contributed by atoms with Crippen molar-refractivity contribution in [2.75, 3.05) is 19.6 Å². The number of rotatable bonds is 5. The van der Waals surface area contributed by atoms with Crippen molar-refractivity contribution < 1.29 is 14.3 Å². The van der Waals surface area contributed by atoms with Gasteiger partial charge in [0.25, 0.3) is 5.91 Å². The monoisotopic (exact) mass is 391 g/mol. The Hall–Kier alpha value is -3.28. The molecule has 0 unspecified atom stereocenters. The molecule has 4 rings (SSSR count). The maximum Gasteiger partial charge on any atom is 0.410 e. The van der Waals surface area contributed by atoms with E-state index in [4.69, 9.17) is 4.74 Å². The Morgan fingerprint density at radius 2 is 1.86 bits per heavy atom. The zero-order chi connectivity index (χ0) is 20.1. The van der Waals surface area contributed by atoms with E-state index in [9.17, 15) is 9.59 Å². The predicted octanol–water partition coefficient (Wildman–Crippen LogP) is 3.95. The third-order valence-corrected chi connectivity index (χ3v) is 5.45. The molecule has 29 heavy (non-hydrogen) atoms. The van der Waals surface area contributed by atoms with Crippen molar-refractivity contribution in [3.8, 4) is 0 Å². The lowest BCUT2D eigenvalue weighted by Crippen LogP contribution is -2.41. The molecule has 2 N–H and O–H groups in total. The standard InChI is InChI=1S/C23H25N3O3/c27-22(20-7-6-19-8-11-24-21(19)14-20)25-15-17-9-12-26(13-10-17)23(28)29-16-18-4-2-1-3-5-18/h1-8,11,14,17,24H,9-10,12-13,15-16H2,(H,25,27). The smallest absolute Gasteiger partial charge is 0.410 e. The van der Waals surface area contributed by atoms with Crippen LogP contribution in [0.15, 0.2) is 60.8 Å². The first-order valence-electron chi connectivity index (χ1n) is 10.00. The SMILES string of the molecule is O=C(NCC1CCN(C(=O)OCc2ccccc2)CC1)c1ccc2cc[nH]c2c1. The lowest BCUT2D eigenvalue weighted by atomic mass is 9.97. The highest BCUT2D eigenvalue weighted by atomic mass is 16.6. The quantitative estimate of drug-likeness (QED) is 0.692. The predicted molar refractivity (Wildman–Crippen MR) is 112 cm³/mol. The summed E-state index contributed by atoms with van der Waals surface area (Å²) in [5, 5.41) is 4.12. The summed E-state index contributed by atoms with van der Waals surface area (Å²) >= 11 is 0. The Kier molecular flexibility index (Phi) is 5.79. The molecule has 150 valence electrons. The maximum atomic E-state index is 12.4. The Bertz CT molecular complexity index is 975. The number of amides is 2. The third-order valence-electron chi connectivity index (χ3n) is 5.45. The van der Waals surface area contributed by atoms with E-state index in [-0.39, 0.29) is 12.0 Å². The lowest BCUT2D eigenvalue weighted by Gasteiger charge is -2.31. The number of hydrogen-bond acceptors (Lipinski definition) is 3. The summed E-state index contributed by atoms with van der Waals surface area (Å²) in [5.41, 5.74) is 2.60. The molecule has 0 atom stereocenters. The average molecular weight is 391 g/mol. The molecule has 0 bridgehead atoms. The number of benzene rings is 2. The van der Waals surface area contributed by atoms with Gasteiger partial charge in [0.1, 0.15) is 6.61 Å². The molecule has 1 fully saturated rings. The summed E-state index contributed by atoms with van der Waals surface area (Å²) in [7, 11) is 0. The van der Waals surface area contributed by atoms with E-state index in [1.165, 1.54) is 0 Å². The van der Waals surface area contributed by atoms with Crippen LogP contribution in [0.2, 0.25) is 0 Å². The van der Waals surface area contributed by atoms with E-state index in [2.05, 4.69) is 10.3 Å². The van der Waals surface area contributed by atoms with Gasteiger partial charge in [0.15, 0.2) is 0 Å². The van der Waals surface area contributed by atoms with Gasteiger partial charge in [-0.1, -0.05) is 36.4 Å². The fraction of sp³-hybridized carbons (Fsp3) is 0.304. The van der Waals surface area contributed by atoms with Gasteiger partial charge in [-0.25, -0.2) is 4.79 Å². The van der Waals surface area contributed by atoms with E-state index in [0.29, 0.717) is 37.7 Å². The molecule has 1 aliphatic rings. The van der Waals surface area contributed by atoms with Crippen molar-refractivity contribution in [1.82, 2.24) is 15.2 Å². The van der Waals surface area contributed by atoms with Gasteiger partial charge in [0.05, 0.1) is 0 Å². The van der Waals surface area contributed by atoms with Gasteiger partial charge in [0.2, 0.25) is 0 Å². The normalized spacial score (nSPS) is 14.7. The Balaban J connectivity index is 1.20. The molecule has 0 spiro atoms. The van der Waals surface area contributed by atoms with E-state index >= 15 is 0 Å². The third kappa shape index (κ3) is 4.77. The summed E-state index contributed by atoms with van der Waals surface area (Å²) in [5.74, 6) is 0.303. The average Bonchev–Trinajstić information content (AvgIpc) is 3.25. The summed E-state index contributed by atoms with van der Waals surface area (Å²) < 4.78 is 5.40. The van der Waals surface area contributed by atoms with Gasteiger partial charge in [-0.2, -0.15) is 0 Å². The molecule has 2 heterocycles. The van der Waals surface area contributed by atoms with Crippen LogP contribution >= 0.6 is 0 Å². The second-order valence-corrected chi connectivity index (χ2v) is 7.46. The molecule has 6 heteroatoms. The van der Waals surface area contributed by atoms with Crippen LogP contribution in [0.4, 0.5) is 4.79 Å². The molecule has 0 aliphatic carbocycles. The van der Waals surface area contributed by atoms with Crippen LogP contribution < -0.4 is 5.32 Å². The summed E-state index contributed by atoms with van der Waals surface area (Å²) in [6, 6.07) is 17.3. The number of H-pyrrole nitrogens is 1. The summed E-state index contributed by atoms with van der Waals surface area (Å²) in [6.45, 7) is 2.22. The molecule has 0 saturated carbocycles. The first kappa shape index (κ1) is 19.1. The molecule has 1 saturated heterocycles. The minimum Gasteiger partial charge on any atom is -0.445 e. The van der Waals surface area contributed by atoms with Crippen LogP contribution in [-0.2, 0) is 11.3 Å². The highest BCUT2D eigenvalue weighted by Gasteiger charge is 2.24. The second kappa shape index (κ2) is 8.82. The number of carbonyl (C=O) groups is 2. The summed E-state index contributed by atoms with van der Waals surface area (Å²) in [6.07, 6.45) is 3.31. The van der Waals surface area contributed by atoms with E-state index in [1.807, 2.05) is 60.8 Å². The van der Waals surface area contributed by atoms with E-state index < -0.39 is 0 Å². The van der Waals surface area contributed by atoms with Gasteiger partial charge in [-0.15, -0.1) is 0 Å². The number of nitrogens with zero attached hydrogens (tertiary/aromatic N) is 1. The van der Waals surface area contributed by atoms with E-state index in [0.717, 1.165) is 29.3 Å². The molecular weight excluding hydrogens is 366 g/mol. The van der Waals surface area contributed by atoms with Crippen LogP contribution in [0.5, 0.6) is 0 Å². The lowest BCUT2D eigenvalue weighted by molar-refractivity contribution is 0.0801. The number of carbonyl (C=O) groups excluding carboxylic acids is 2. The molecule has 3 aromatic rings. The number of nitrogens with one attached hydrogen (secondary N) is 2. The van der Waals surface area contributed by atoms with Gasteiger partial charge in [0, 0.05) is 36.9 Å². The largest absolute Gasteiger partial charge is 0.445 e. The Labute approximate surface area is 169 Å². The number of aromatic amines is 1. The van der Waals surface area contributed by atoms with Crippen LogP contribution in [0.3, 0.4) is 0 Å². The topological polar surface area (TPSA) is 74.4 Å². The maximum absolute atomic E-state index is 12.4. The number of fused-ring (bicyclic) bond motifs is 1. The van der Waals surface area contributed by atoms with Crippen molar-refractivity contribution in [2.24, 2.45) is 5.92 Å². The molecular formula is C23H25N3O3. The van der Waals surface area contributed by atoms with Gasteiger partial charge in [-0.3, -0.25) is 4.79 Å².